The summed E-state index contributed by atoms with van der Waals surface area (Å²) in [5.74, 6) is -0.792. The summed E-state index contributed by atoms with van der Waals surface area (Å²) < 4.78 is 14.7. The van der Waals surface area contributed by atoms with Crippen LogP contribution in [-0.4, -0.2) is 47.9 Å². The molecule has 3 heterocycles. The molecule has 1 aromatic carbocycles. The van der Waals surface area contributed by atoms with E-state index in [1.807, 2.05) is 0 Å². The minimum Gasteiger partial charge on any atom is -0.423 e. The van der Waals surface area contributed by atoms with Gasteiger partial charge in [-0.2, -0.15) is 0 Å². The predicted octanol–water partition coefficient (Wildman–Crippen LogP) is -0.284. The lowest BCUT2D eigenvalue weighted by atomic mass is 9.81. The topological polar surface area (TPSA) is 152 Å². The Kier molecular flexibility index (Phi) is 5.08. The number of pyridine rings is 1. The zero-order valence-corrected chi connectivity index (χ0v) is 15.4. The summed E-state index contributed by atoms with van der Waals surface area (Å²) in [7, 11) is -1.83. The number of nitrogens with one attached hydrogen (secondary N) is 1. The highest BCUT2D eigenvalue weighted by Gasteiger charge is 2.22. The fourth-order valence-corrected chi connectivity index (χ4v) is 2.93. The number of anilines is 1. The third-order valence-electron chi connectivity index (χ3n) is 4.35. The summed E-state index contributed by atoms with van der Waals surface area (Å²) >= 11 is 0. The normalized spacial score (nSPS) is 10.9. The van der Waals surface area contributed by atoms with E-state index < -0.39 is 13.0 Å². The lowest BCUT2D eigenvalue weighted by Crippen LogP contribution is -2.34. The van der Waals surface area contributed by atoms with Crippen LogP contribution in [0.1, 0.15) is 16.1 Å². The summed E-state index contributed by atoms with van der Waals surface area (Å²) in [6, 6.07) is 10.8. The number of carbonyl (C=O) groups is 1. The van der Waals surface area contributed by atoms with Gasteiger partial charge in [0.05, 0.1) is 5.52 Å². The number of amides is 1. The highest BCUT2D eigenvalue weighted by molar-refractivity contribution is 6.60. The van der Waals surface area contributed by atoms with E-state index in [-0.39, 0.29) is 40.9 Å². The molecule has 10 nitrogen and oxygen atoms in total. The summed E-state index contributed by atoms with van der Waals surface area (Å²) in [5.41, 5.74) is 6.88. The van der Waals surface area contributed by atoms with E-state index in [2.05, 4.69) is 25.6 Å². The van der Waals surface area contributed by atoms with Gasteiger partial charge in [0.15, 0.2) is 11.5 Å². The molecular formula is C18H15BFN7O3. The second kappa shape index (κ2) is 7.85. The van der Waals surface area contributed by atoms with E-state index in [0.29, 0.717) is 11.1 Å². The number of aromatic nitrogens is 5. The van der Waals surface area contributed by atoms with Gasteiger partial charge in [-0.05, 0) is 29.8 Å². The Balaban J connectivity index is 1.73. The molecule has 0 radical (unpaired) electrons. The first-order valence-electron chi connectivity index (χ1n) is 8.80. The van der Waals surface area contributed by atoms with Crippen molar-refractivity contribution in [2.24, 2.45) is 5.73 Å². The van der Waals surface area contributed by atoms with E-state index in [1.165, 1.54) is 28.9 Å². The van der Waals surface area contributed by atoms with Crippen molar-refractivity contribution in [3.05, 3.63) is 65.7 Å². The molecule has 0 aliphatic heterocycles. The second-order valence-corrected chi connectivity index (χ2v) is 6.37. The highest BCUT2D eigenvalue weighted by Crippen LogP contribution is 2.20. The molecular weight excluding hydrogens is 392 g/mol. The van der Waals surface area contributed by atoms with Crippen LogP contribution in [0.3, 0.4) is 0 Å². The first-order valence-corrected chi connectivity index (χ1v) is 8.80. The number of halogens is 1. The van der Waals surface area contributed by atoms with Crippen LogP contribution in [0.5, 0.6) is 0 Å². The van der Waals surface area contributed by atoms with E-state index >= 15 is 0 Å². The number of rotatable bonds is 6. The standard InChI is InChI=1S/C18H15BFN7O3/c20-11-4-1-3-10(7-11)8-22-17-12(19(29)30)9-23-18(24-17)15-13-5-2-6-14(16(21)28)27(13)26-25-15/h1-7,9,29-30H,8H2,(H2,21,28)(H,22,23,24). The third-order valence-corrected chi connectivity index (χ3v) is 4.35. The number of benzene rings is 1. The molecule has 0 atom stereocenters. The smallest absolute Gasteiger partial charge is 0.423 e. The molecule has 0 unspecified atom stereocenters. The molecule has 12 heteroatoms. The lowest BCUT2D eigenvalue weighted by molar-refractivity contribution is 0.0993. The summed E-state index contributed by atoms with van der Waals surface area (Å²) in [5, 5.41) is 30.2. The summed E-state index contributed by atoms with van der Waals surface area (Å²) in [6.07, 6.45) is 1.24. The maximum Gasteiger partial charge on any atom is 0.493 e. The molecule has 30 heavy (non-hydrogen) atoms. The highest BCUT2D eigenvalue weighted by atomic mass is 19.1. The van der Waals surface area contributed by atoms with Gasteiger partial charge in [0.1, 0.15) is 17.3 Å². The number of primary amides is 1. The van der Waals surface area contributed by atoms with Crippen molar-refractivity contribution in [2.45, 2.75) is 6.54 Å². The van der Waals surface area contributed by atoms with Crippen LogP contribution in [0.4, 0.5) is 10.2 Å². The van der Waals surface area contributed by atoms with Gasteiger partial charge in [0.25, 0.3) is 5.91 Å². The molecule has 3 aromatic heterocycles. The number of nitrogens with zero attached hydrogens (tertiary/aromatic N) is 5. The maximum absolute atomic E-state index is 13.4. The SMILES string of the molecule is NC(=O)c1cccc2c(-c3ncc(B(O)O)c(NCc4cccc(F)c4)n3)nnn12. The monoisotopic (exact) mass is 407 g/mol. The van der Waals surface area contributed by atoms with Gasteiger partial charge in [0.2, 0.25) is 0 Å². The van der Waals surface area contributed by atoms with Gasteiger partial charge in [-0.1, -0.05) is 23.4 Å². The molecule has 0 saturated carbocycles. The molecule has 0 fully saturated rings. The van der Waals surface area contributed by atoms with E-state index in [0.717, 1.165) is 0 Å². The Labute approximate surface area is 169 Å². The Bertz CT molecular complexity index is 1250. The van der Waals surface area contributed by atoms with Crippen LogP contribution in [0.15, 0.2) is 48.7 Å². The molecule has 0 saturated heterocycles. The lowest BCUT2D eigenvalue weighted by Gasteiger charge is -2.11. The average molecular weight is 407 g/mol. The van der Waals surface area contributed by atoms with Crippen molar-refractivity contribution < 1.29 is 19.2 Å². The number of carbonyl (C=O) groups excluding carboxylic acids is 1. The Morgan fingerprint density at radius 3 is 2.77 bits per heavy atom. The quantitative estimate of drug-likeness (QED) is 0.319. The van der Waals surface area contributed by atoms with Gasteiger partial charge in [0, 0.05) is 18.2 Å². The summed E-state index contributed by atoms with van der Waals surface area (Å²) in [6.45, 7) is 0.182. The van der Waals surface area contributed by atoms with E-state index in [4.69, 9.17) is 5.73 Å². The minimum atomic E-state index is -1.83. The van der Waals surface area contributed by atoms with Gasteiger partial charge in [-0.15, -0.1) is 5.10 Å². The van der Waals surface area contributed by atoms with Crippen molar-refractivity contribution >= 4 is 29.8 Å². The van der Waals surface area contributed by atoms with Crippen LogP contribution in [0.2, 0.25) is 0 Å². The van der Waals surface area contributed by atoms with Gasteiger partial charge in [-0.3, -0.25) is 4.79 Å². The molecule has 0 bridgehead atoms. The maximum atomic E-state index is 13.4. The number of hydrogen-bond donors (Lipinski definition) is 4. The molecule has 5 N–H and O–H groups in total. The Morgan fingerprint density at radius 1 is 1.23 bits per heavy atom. The predicted molar refractivity (Wildman–Crippen MR) is 106 cm³/mol. The summed E-state index contributed by atoms with van der Waals surface area (Å²) in [4.78, 5) is 20.1. The third kappa shape index (κ3) is 3.68. The Morgan fingerprint density at radius 2 is 2.03 bits per heavy atom. The minimum absolute atomic E-state index is 0.0319. The Hall–Kier alpha value is -3.90. The van der Waals surface area contributed by atoms with Crippen LogP contribution in [0.25, 0.3) is 17.0 Å². The molecule has 0 aliphatic carbocycles. The first kappa shape index (κ1) is 19.4. The van der Waals surface area contributed by atoms with Crippen molar-refractivity contribution in [3.63, 3.8) is 0 Å². The molecule has 4 rings (SSSR count). The molecule has 0 aliphatic rings. The fourth-order valence-electron chi connectivity index (χ4n) is 2.93. The molecule has 4 aromatic rings. The van der Waals surface area contributed by atoms with E-state index in [1.54, 1.807) is 24.3 Å². The van der Waals surface area contributed by atoms with Crippen LogP contribution < -0.4 is 16.5 Å². The number of hydrogen-bond acceptors (Lipinski definition) is 8. The largest absolute Gasteiger partial charge is 0.493 e. The zero-order valence-electron chi connectivity index (χ0n) is 15.4. The van der Waals surface area contributed by atoms with Crippen molar-refractivity contribution in [1.29, 1.82) is 0 Å². The van der Waals surface area contributed by atoms with Crippen molar-refractivity contribution in [1.82, 2.24) is 24.8 Å². The van der Waals surface area contributed by atoms with Gasteiger partial charge < -0.3 is 21.1 Å². The van der Waals surface area contributed by atoms with Crippen LogP contribution in [-0.2, 0) is 6.54 Å². The van der Waals surface area contributed by atoms with Crippen LogP contribution in [0, 0.1) is 5.82 Å². The number of nitrogens with two attached hydrogens (primary N) is 1. The zero-order chi connectivity index (χ0) is 21.3. The first-order chi connectivity index (χ1) is 14.4. The molecule has 150 valence electrons. The van der Waals surface area contributed by atoms with Gasteiger partial charge >= 0.3 is 7.12 Å². The molecule has 1 amide bonds. The molecule has 0 spiro atoms. The fraction of sp³-hybridized carbons (Fsp3) is 0.0556. The van der Waals surface area contributed by atoms with E-state index in [9.17, 15) is 19.2 Å². The number of fused-ring (bicyclic) bond motifs is 1. The average Bonchev–Trinajstić information content (AvgIpc) is 3.16. The van der Waals surface area contributed by atoms with Crippen molar-refractivity contribution in [3.8, 4) is 11.5 Å². The van der Waals surface area contributed by atoms with Gasteiger partial charge in [-0.25, -0.2) is 18.9 Å². The van der Waals surface area contributed by atoms with Crippen LogP contribution >= 0.6 is 0 Å². The second-order valence-electron chi connectivity index (χ2n) is 6.37. The van der Waals surface area contributed by atoms with Crippen molar-refractivity contribution in [2.75, 3.05) is 5.32 Å².